The van der Waals surface area contributed by atoms with Crippen molar-refractivity contribution in [3.05, 3.63) is 53.6 Å². The largest absolute Gasteiger partial charge is 0.446 e. The summed E-state index contributed by atoms with van der Waals surface area (Å²) in [5.74, 6) is 0.558. The summed E-state index contributed by atoms with van der Waals surface area (Å²) in [7, 11) is 0. The summed E-state index contributed by atoms with van der Waals surface area (Å²) >= 11 is 0. The van der Waals surface area contributed by atoms with E-state index in [1.165, 1.54) is 6.42 Å². The predicted octanol–water partition coefficient (Wildman–Crippen LogP) is 6.88. The highest BCUT2D eigenvalue weighted by molar-refractivity contribution is 6.01. The van der Waals surface area contributed by atoms with Gasteiger partial charge in [0.15, 0.2) is 0 Å². The van der Waals surface area contributed by atoms with Gasteiger partial charge in [-0.1, -0.05) is 18.2 Å². The highest BCUT2D eigenvalue weighted by Gasteiger charge is 2.31. The number of benzene rings is 2. The number of rotatable bonds is 6. The van der Waals surface area contributed by atoms with Crippen molar-refractivity contribution in [2.75, 3.05) is 18.4 Å². The molecule has 7 nitrogen and oxygen atoms in total. The van der Waals surface area contributed by atoms with Gasteiger partial charge in [-0.15, -0.1) is 0 Å². The van der Waals surface area contributed by atoms with Gasteiger partial charge in [-0.2, -0.15) is 5.26 Å². The van der Waals surface area contributed by atoms with E-state index in [9.17, 15) is 14.9 Å². The average molecular weight is 511 g/mol. The Morgan fingerprint density at radius 1 is 1.00 bits per heavy atom. The maximum atomic E-state index is 13.3. The van der Waals surface area contributed by atoms with Gasteiger partial charge < -0.3 is 14.2 Å². The second kappa shape index (κ2) is 10.2. The van der Waals surface area contributed by atoms with E-state index in [2.05, 4.69) is 16.0 Å². The van der Waals surface area contributed by atoms with E-state index in [-0.39, 0.29) is 12.0 Å². The van der Waals surface area contributed by atoms with Crippen LogP contribution in [0.2, 0.25) is 0 Å². The van der Waals surface area contributed by atoms with Gasteiger partial charge in [-0.25, -0.2) is 4.79 Å². The van der Waals surface area contributed by atoms with Gasteiger partial charge in [0.2, 0.25) is 0 Å². The molecule has 0 unspecified atom stereocenters. The number of fused-ring (bicyclic) bond motifs is 1. The van der Waals surface area contributed by atoms with Crippen molar-refractivity contribution in [1.82, 2.24) is 9.47 Å². The zero-order chi connectivity index (χ0) is 26.2. The number of nitriles is 1. The van der Waals surface area contributed by atoms with Crippen LogP contribution in [0.1, 0.15) is 80.3 Å². The van der Waals surface area contributed by atoms with E-state index in [0.717, 1.165) is 80.2 Å². The smallest absolute Gasteiger partial charge is 0.411 e. The summed E-state index contributed by atoms with van der Waals surface area (Å²) in [4.78, 5) is 27.5. The van der Waals surface area contributed by atoms with E-state index < -0.39 is 6.09 Å². The molecule has 2 amide bonds. The van der Waals surface area contributed by atoms with Crippen molar-refractivity contribution in [1.29, 1.82) is 5.26 Å². The Bertz CT molecular complexity index is 1400. The Morgan fingerprint density at radius 2 is 1.74 bits per heavy atom. The van der Waals surface area contributed by atoms with Gasteiger partial charge in [0, 0.05) is 35.8 Å². The number of hydrogen-bond donors (Lipinski definition) is 1. The number of nitrogens with one attached hydrogen (secondary N) is 1. The molecule has 2 aliphatic carbocycles. The lowest BCUT2D eigenvalue weighted by molar-refractivity contribution is 0.0724. The molecule has 1 aliphatic heterocycles. The molecule has 0 bridgehead atoms. The first-order chi connectivity index (χ1) is 18.5. The second-order valence-corrected chi connectivity index (χ2v) is 11.0. The molecule has 3 aliphatic rings. The first-order valence-electron chi connectivity index (χ1n) is 14.0. The number of ether oxygens (including phenoxy) is 1. The average Bonchev–Trinajstić information content (AvgIpc) is 3.72. The fourth-order valence-corrected chi connectivity index (χ4v) is 5.83. The lowest BCUT2D eigenvalue weighted by Crippen LogP contribution is -2.35. The normalized spacial score (nSPS) is 18.5. The van der Waals surface area contributed by atoms with Crippen LogP contribution in [-0.4, -0.2) is 40.7 Å². The minimum atomic E-state index is -0.440. The Morgan fingerprint density at radius 3 is 2.37 bits per heavy atom. The Balaban J connectivity index is 1.33. The van der Waals surface area contributed by atoms with Crippen LogP contribution in [0.15, 0.2) is 42.5 Å². The third-order valence-corrected chi connectivity index (χ3v) is 8.43. The molecule has 3 fully saturated rings. The number of carbonyl (C=O) groups excluding carboxylic acids is 2. The highest BCUT2D eigenvalue weighted by atomic mass is 16.6. The molecule has 2 heterocycles. The third kappa shape index (κ3) is 4.64. The topological polar surface area (TPSA) is 87.4 Å². The molecule has 7 heteroatoms. The molecule has 196 valence electrons. The van der Waals surface area contributed by atoms with Crippen molar-refractivity contribution in [2.45, 2.75) is 70.4 Å². The van der Waals surface area contributed by atoms with Crippen LogP contribution in [0.25, 0.3) is 22.2 Å². The summed E-state index contributed by atoms with van der Waals surface area (Å²) in [5.41, 5.74) is 4.71. The second-order valence-electron chi connectivity index (χ2n) is 11.0. The molecule has 3 aromatic rings. The minimum absolute atomic E-state index is 0.0719. The van der Waals surface area contributed by atoms with Crippen LogP contribution in [-0.2, 0) is 4.74 Å². The standard InChI is InChI=1S/C31H34N4O3/c1-20(21-8-9-21)38-31(37)33-24-13-10-22(11-14-24)29-27(19-32)26-15-12-23(30(36)34-16-3-2-4-17-34)18-28(26)35(29)25-6-5-7-25/h10-15,18,20-21,25H,2-9,16-17H2,1H3,(H,33,37)/t20-/m1/s1. The van der Waals surface area contributed by atoms with Gasteiger partial charge in [-0.3, -0.25) is 10.1 Å². The molecule has 38 heavy (non-hydrogen) atoms. The van der Waals surface area contributed by atoms with Crippen LogP contribution < -0.4 is 5.32 Å². The van der Waals surface area contributed by atoms with Crippen molar-refractivity contribution in [3.63, 3.8) is 0 Å². The molecule has 1 aromatic heterocycles. The number of nitrogens with zero attached hydrogens (tertiary/aromatic N) is 3. The Kier molecular flexibility index (Phi) is 6.57. The van der Waals surface area contributed by atoms with E-state index in [1.807, 2.05) is 54.3 Å². The number of aromatic nitrogens is 1. The van der Waals surface area contributed by atoms with Crippen LogP contribution >= 0.6 is 0 Å². The molecule has 6 rings (SSSR count). The minimum Gasteiger partial charge on any atom is -0.446 e. The van der Waals surface area contributed by atoms with Gasteiger partial charge >= 0.3 is 6.09 Å². The molecule has 0 spiro atoms. The van der Waals surface area contributed by atoms with Crippen molar-refractivity contribution < 1.29 is 14.3 Å². The summed E-state index contributed by atoms with van der Waals surface area (Å²) in [6.45, 7) is 3.56. The molecular formula is C31H34N4O3. The van der Waals surface area contributed by atoms with Crippen LogP contribution in [0, 0.1) is 17.2 Å². The van der Waals surface area contributed by atoms with E-state index in [1.54, 1.807) is 0 Å². The Labute approximate surface area is 223 Å². The van der Waals surface area contributed by atoms with Gasteiger partial charge in [-0.05, 0) is 94.0 Å². The van der Waals surface area contributed by atoms with Crippen molar-refractivity contribution >= 4 is 28.6 Å². The molecule has 1 saturated heterocycles. The van der Waals surface area contributed by atoms with Crippen molar-refractivity contribution in [2.24, 2.45) is 5.92 Å². The predicted molar refractivity (Wildman–Crippen MR) is 147 cm³/mol. The molecule has 2 aromatic carbocycles. The van der Waals surface area contributed by atoms with Gasteiger partial charge in [0.05, 0.1) is 16.8 Å². The maximum absolute atomic E-state index is 13.3. The van der Waals surface area contributed by atoms with Crippen LogP contribution in [0.5, 0.6) is 0 Å². The summed E-state index contributed by atoms with van der Waals surface area (Å²) in [5, 5.41) is 13.9. The number of piperidine rings is 1. The summed E-state index contributed by atoms with van der Waals surface area (Å²) in [6, 6.07) is 16.2. The fourth-order valence-electron chi connectivity index (χ4n) is 5.83. The van der Waals surface area contributed by atoms with Gasteiger partial charge in [0.25, 0.3) is 5.91 Å². The first kappa shape index (κ1) is 24.5. The summed E-state index contributed by atoms with van der Waals surface area (Å²) in [6.07, 6.45) is 8.27. The van der Waals surface area contributed by atoms with Gasteiger partial charge in [0.1, 0.15) is 12.2 Å². The quantitative estimate of drug-likeness (QED) is 0.392. The number of hydrogen-bond acceptors (Lipinski definition) is 4. The molecule has 2 saturated carbocycles. The lowest BCUT2D eigenvalue weighted by atomic mass is 9.92. The highest BCUT2D eigenvalue weighted by Crippen LogP contribution is 2.43. The number of amides is 2. The first-order valence-corrected chi connectivity index (χ1v) is 14.0. The SMILES string of the molecule is C[C@@H](OC(=O)Nc1ccc(-c2c(C#N)c3ccc(C(=O)N4CCCCC4)cc3n2C2CCC2)cc1)C1CC1. The summed E-state index contributed by atoms with van der Waals surface area (Å²) < 4.78 is 7.76. The maximum Gasteiger partial charge on any atom is 0.411 e. The van der Waals surface area contributed by atoms with Crippen LogP contribution in [0.4, 0.5) is 10.5 Å². The molecule has 1 N–H and O–H groups in total. The third-order valence-electron chi connectivity index (χ3n) is 8.43. The zero-order valence-corrected chi connectivity index (χ0v) is 21.9. The molecule has 1 atom stereocenters. The molecule has 0 radical (unpaired) electrons. The fraction of sp³-hybridized carbons (Fsp3) is 0.452. The number of carbonyl (C=O) groups is 2. The number of likely N-dealkylation sites (tertiary alicyclic amines) is 1. The zero-order valence-electron chi connectivity index (χ0n) is 21.9. The number of anilines is 1. The monoisotopic (exact) mass is 510 g/mol. The van der Waals surface area contributed by atoms with E-state index in [0.29, 0.717) is 28.8 Å². The Hall–Kier alpha value is -3.79. The lowest BCUT2D eigenvalue weighted by Gasteiger charge is -2.30. The van der Waals surface area contributed by atoms with Crippen LogP contribution in [0.3, 0.4) is 0 Å². The van der Waals surface area contributed by atoms with E-state index >= 15 is 0 Å². The van der Waals surface area contributed by atoms with Crippen molar-refractivity contribution in [3.8, 4) is 17.3 Å². The van der Waals surface area contributed by atoms with E-state index in [4.69, 9.17) is 4.74 Å². The molecular weight excluding hydrogens is 476 g/mol.